The SMILES string of the molecule is CCCOC(=O)c1ccn2c1C(C(=O)OCCC)CC2. The molecule has 0 saturated heterocycles. The first kappa shape index (κ1) is 14.6. The van der Waals surface area contributed by atoms with Crippen LogP contribution in [0.15, 0.2) is 12.3 Å². The number of hydrogen-bond acceptors (Lipinski definition) is 4. The van der Waals surface area contributed by atoms with Crippen molar-refractivity contribution in [1.29, 1.82) is 0 Å². The summed E-state index contributed by atoms with van der Waals surface area (Å²) in [5, 5.41) is 0. The van der Waals surface area contributed by atoms with Gasteiger partial charge in [-0.2, -0.15) is 0 Å². The predicted octanol–water partition coefficient (Wildman–Crippen LogP) is 2.50. The van der Waals surface area contributed by atoms with E-state index in [4.69, 9.17) is 9.47 Å². The Morgan fingerprint density at radius 3 is 2.65 bits per heavy atom. The van der Waals surface area contributed by atoms with E-state index in [1.807, 2.05) is 24.6 Å². The zero-order valence-corrected chi connectivity index (χ0v) is 12.1. The highest BCUT2D eigenvalue weighted by molar-refractivity contribution is 5.93. The summed E-state index contributed by atoms with van der Waals surface area (Å²) < 4.78 is 12.3. The molecular weight excluding hydrogens is 258 g/mol. The number of aromatic nitrogens is 1. The summed E-state index contributed by atoms with van der Waals surface area (Å²) in [4.78, 5) is 24.1. The molecule has 5 nitrogen and oxygen atoms in total. The third-order valence-electron chi connectivity index (χ3n) is 3.39. The second-order valence-electron chi connectivity index (χ2n) is 4.95. The maximum Gasteiger partial charge on any atom is 0.339 e. The molecule has 110 valence electrons. The molecule has 1 aliphatic rings. The van der Waals surface area contributed by atoms with Crippen molar-refractivity contribution < 1.29 is 19.1 Å². The zero-order valence-electron chi connectivity index (χ0n) is 12.1. The van der Waals surface area contributed by atoms with E-state index in [1.54, 1.807) is 6.07 Å². The quantitative estimate of drug-likeness (QED) is 0.751. The number of esters is 2. The summed E-state index contributed by atoms with van der Waals surface area (Å²) in [6.45, 7) is 5.46. The molecule has 0 N–H and O–H groups in total. The fourth-order valence-electron chi connectivity index (χ4n) is 2.45. The van der Waals surface area contributed by atoms with Gasteiger partial charge >= 0.3 is 11.9 Å². The standard InChI is InChI=1S/C15H21NO4/c1-3-9-19-14(17)11-5-7-16-8-6-12(13(11)16)15(18)20-10-4-2/h5,7,12H,3-4,6,8-10H2,1-2H3. The number of carbonyl (C=O) groups excluding carboxylic acids is 2. The van der Waals surface area contributed by atoms with Crippen LogP contribution < -0.4 is 0 Å². The van der Waals surface area contributed by atoms with Gasteiger partial charge in [-0.15, -0.1) is 0 Å². The Morgan fingerprint density at radius 2 is 1.95 bits per heavy atom. The van der Waals surface area contributed by atoms with E-state index in [2.05, 4.69) is 0 Å². The second kappa shape index (κ2) is 6.59. The van der Waals surface area contributed by atoms with Crippen LogP contribution in [0.1, 0.15) is 55.1 Å². The minimum atomic E-state index is -0.351. The first-order chi connectivity index (χ1) is 9.69. The molecule has 20 heavy (non-hydrogen) atoms. The Morgan fingerprint density at radius 1 is 1.25 bits per heavy atom. The molecule has 0 bridgehead atoms. The third kappa shape index (κ3) is 2.86. The molecule has 2 heterocycles. The Bertz CT molecular complexity index is 492. The lowest BCUT2D eigenvalue weighted by atomic mass is 10.0. The average Bonchev–Trinajstić information content (AvgIpc) is 3.03. The molecule has 1 aromatic rings. The van der Waals surface area contributed by atoms with E-state index >= 15 is 0 Å². The van der Waals surface area contributed by atoms with Crippen LogP contribution >= 0.6 is 0 Å². The van der Waals surface area contributed by atoms with Crippen LogP contribution in [0.3, 0.4) is 0 Å². The number of fused-ring (bicyclic) bond motifs is 1. The molecule has 0 amide bonds. The van der Waals surface area contributed by atoms with Gasteiger partial charge in [0.1, 0.15) is 0 Å². The van der Waals surface area contributed by atoms with Crippen LogP contribution in [0.2, 0.25) is 0 Å². The highest BCUT2D eigenvalue weighted by atomic mass is 16.5. The van der Waals surface area contributed by atoms with Crippen molar-refractivity contribution in [1.82, 2.24) is 4.57 Å². The molecule has 1 unspecified atom stereocenters. The van der Waals surface area contributed by atoms with Crippen LogP contribution in [0, 0.1) is 0 Å². The lowest BCUT2D eigenvalue weighted by Gasteiger charge is -2.11. The Hall–Kier alpha value is -1.78. The third-order valence-corrected chi connectivity index (χ3v) is 3.39. The molecule has 1 atom stereocenters. The number of rotatable bonds is 6. The summed E-state index contributed by atoms with van der Waals surface area (Å²) in [7, 11) is 0. The maximum absolute atomic E-state index is 12.1. The molecular formula is C15H21NO4. The summed E-state index contributed by atoms with van der Waals surface area (Å²) in [5.41, 5.74) is 1.24. The van der Waals surface area contributed by atoms with E-state index in [9.17, 15) is 9.59 Å². The van der Waals surface area contributed by atoms with Gasteiger partial charge in [0.15, 0.2) is 0 Å². The Labute approximate surface area is 118 Å². The van der Waals surface area contributed by atoms with E-state index in [0.717, 1.165) is 25.1 Å². The fourth-order valence-corrected chi connectivity index (χ4v) is 2.45. The summed E-state index contributed by atoms with van der Waals surface area (Å²) in [6.07, 6.45) is 4.10. The van der Waals surface area contributed by atoms with Gasteiger partial charge in [0.2, 0.25) is 0 Å². The molecule has 0 fully saturated rings. The van der Waals surface area contributed by atoms with Crippen molar-refractivity contribution >= 4 is 11.9 Å². The van der Waals surface area contributed by atoms with Crippen LogP contribution in [0.5, 0.6) is 0 Å². The predicted molar refractivity (Wildman–Crippen MR) is 73.6 cm³/mol. The zero-order chi connectivity index (χ0) is 14.5. The molecule has 0 radical (unpaired) electrons. The van der Waals surface area contributed by atoms with Gasteiger partial charge in [-0.05, 0) is 25.3 Å². The molecule has 0 aliphatic carbocycles. The van der Waals surface area contributed by atoms with Crippen LogP contribution in [0.4, 0.5) is 0 Å². The molecule has 1 aliphatic heterocycles. The normalized spacial score (nSPS) is 16.8. The molecule has 0 spiro atoms. The van der Waals surface area contributed by atoms with Crippen molar-refractivity contribution in [3.05, 3.63) is 23.5 Å². The van der Waals surface area contributed by atoms with Gasteiger partial charge in [-0.3, -0.25) is 4.79 Å². The van der Waals surface area contributed by atoms with Crippen molar-refractivity contribution in [3.8, 4) is 0 Å². The van der Waals surface area contributed by atoms with E-state index < -0.39 is 0 Å². The summed E-state index contributed by atoms with van der Waals surface area (Å²) >= 11 is 0. The van der Waals surface area contributed by atoms with Crippen molar-refractivity contribution in [3.63, 3.8) is 0 Å². The van der Waals surface area contributed by atoms with E-state index in [1.165, 1.54) is 0 Å². The van der Waals surface area contributed by atoms with Crippen LogP contribution in [-0.2, 0) is 20.8 Å². The minimum absolute atomic E-state index is 0.242. The Kier molecular flexibility index (Phi) is 4.82. The number of hydrogen-bond donors (Lipinski definition) is 0. The van der Waals surface area contributed by atoms with Crippen molar-refractivity contribution in [2.75, 3.05) is 13.2 Å². The first-order valence-corrected chi connectivity index (χ1v) is 7.21. The summed E-state index contributed by atoms with van der Waals surface area (Å²) in [6, 6.07) is 1.73. The van der Waals surface area contributed by atoms with Gasteiger partial charge < -0.3 is 14.0 Å². The van der Waals surface area contributed by atoms with Gasteiger partial charge in [-0.25, -0.2) is 4.79 Å². The van der Waals surface area contributed by atoms with E-state index in [0.29, 0.717) is 25.2 Å². The average molecular weight is 279 g/mol. The molecule has 0 aromatic carbocycles. The number of nitrogens with zero attached hydrogens (tertiary/aromatic N) is 1. The van der Waals surface area contributed by atoms with Crippen molar-refractivity contribution in [2.45, 2.75) is 45.6 Å². The monoisotopic (exact) mass is 279 g/mol. The van der Waals surface area contributed by atoms with E-state index in [-0.39, 0.29) is 17.9 Å². The van der Waals surface area contributed by atoms with Crippen molar-refractivity contribution in [2.24, 2.45) is 0 Å². The second-order valence-corrected chi connectivity index (χ2v) is 4.95. The fraction of sp³-hybridized carbons (Fsp3) is 0.600. The smallest absolute Gasteiger partial charge is 0.339 e. The maximum atomic E-state index is 12.1. The van der Waals surface area contributed by atoms with Gasteiger partial charge in [0.25, 0.3) is 0 Å². The number of aryl methyl sites for hydroxylation is 1. The van der Waals surface area contributed by atoms with Gasteiger partial charge in [-0.1, -0.05) is 13.8 Å². The highest BCUT2D eigenvalue weighted by Gasteiger charge is 2.34. The highest BCUT2D eigenvalue weighted by Crippen LogP contribution is 2.33. The molecule has 5 heteroatoms. The van der Waals surface area contributed by atoms with Gasteiger partial charge in [0.05, 0.1) is 24.7 Å². The lowest BCUT2D eigenvalue weighted by Crippen LogP contribution is -2.17. The molecule has 0 saturated carbocycles. The van der Waals surface area contributed by atoms with Crippen LogP contribution in [0.25, 0.3) is 0 Å². The largest absolute Gasteiger partial charge is 0.465 e. The number of carbonyl (C=O) groups is 2. The summed E-state index contributed by atoms with van der Waals surface area (Å²) in [5.74, 6) is -0.939. The van der Waals surface area contributed by atoms with Gasteiger partial charge in [0, 0.05) is 18.4 Å². The Balaban J connectivity index is 2.15. The molecule has 2 rings (SSSR count). The minimum Gasteiger partial charge on any atom is -0.465 e. The first-order valence-electron chi connectivity index (χ1n) is 7.21. The van der Waals surface area contributed by atoms with Crippen LogP contribution in [-0.4, -0.2) is 29.7 Å². The topological polar surface area (TPSA) is 57.5 Å². The molecule has 1 aromatic heterocycles. The number of ether oxygens (including phenoxy) is 2. The lowest BCUT2D eigenvalue weighted by molar-refractivity contribution is -0.145.